The number of aromatic nitrogens is 2. The summed E-state index contributed by atoms with van der Waals surface area (Å²) in [7, 11) is -2.80. The quantitative estimate of drug-likeness (QED) is 0.771. The fourth-order valence-electron chi connectivity index (χ4n) is 2.90. The van der Waals surface area contributed by atoms with E-state index in [-0.39, 0.29) is 6.04 Å². The first-order chi connectivity index (χ1) is 9.53. The lowest BCUT2D eigenvalue weighted by Gasteiger charge is -2.37. The zero-order chi connectivity index (χ0) is 14.2. The van der Waals surface area contributed by atoms with E-state index in [9.17, 15) is 8.42 Å². The van der Waals surface area contributed by atoms with Crippen LogP contribution in [0.2, 0.25) is 0 Å². The van der Waals surface area contributed by atoms with E-state index in [1.165, 1.54) is 0 Å². The van der Waals surface area contributed by atoms with Crippen LogP contribution in [0, 0.1) is 6.92 Å². The second kappa shape index (κ2) is 5.29. The Morgan fingerprint density at radius 1 is 1.15 bits per heavy atom. The molecule has 6 nitrogen and oxygen atoms in total. The van der Waals surface area contributed by atoms with Crippen LogP contribution in [0.1, 0.15) is 12.0 Å². The summed E-state index contributed by atoms with van der Waals surface area (Å²) in [6.45, 7) is 5.47. The summed E-state index contributed by atoms with van der Waals surface area (Å²) in [5.41, 5.74) is 1.06. The van der Waals surface area contributed by atoms with Gasteiger partial charge in [-0.15, -0.1) is 0 Å². The van der Waals surface area contributed by atoms with Crippen molar-refractivity contribution in [2.45, 2.75) is 19.4 Å². The monoisotopic (exact) mass is 296 g/mol. The molecule has 0 N–H and O–H groups in total. The average Bonchev–Trinajstić information content (AvgIpc) is 2.80. The Hall–Kier alpha value is -1.21. The van der Waals surface area contributed by atoms with E-state index in [4.69, 9.17) is 0 Å². The predicted molar refractivity (Wildman–Crippen MR) is 77.6 cm³/mol. The molecule has 0 aromatic carbocycles. The molecule has 0 saturated carbocycles. The van der Waals surface area contributed by atoms with E-state index < -0.39 is 9.84 Å². The molecule has 2 aliphatic heterocycles. The third-order valence-corrected chi connectivity index (χ3v) is 5.84. The largest absolute Gasteiger partial charge is 0.338 e. The maximum Gasteiger partial charge on any atom is 0.225 e. The summed E-state index contributed by atoms with van der Waals surface area (Å²) >= 11 is 0. The van der Waals surface area contributed by atoms with Crippen LogP contribution < -0.4 is 4.90 Å². The molecule has 0 radical (unpaired) electrons. The van der Waals surface area contributed by atoms with E-state index in [1.54, 1.807) is 0 Å². The molecule has 20 heavy (non-hydrogen) atoms. The van der Waals surface area contributed by atoms with Gasteiger partial charge in [0.05, 0.1) is 11.5 Å². The van der Waals surface area contributed by atoms with Crippen LogP contribution >= 0.6 is 0 Å². The number of anilines is 1. The summed E-state index contributed by atoms with van der Waals surface area (Å²) in [6, 6.07) is 0.209. The summed E-state index contributed by atoms with van der Waals surface area (Å²) in [4.78, 5) is 13.2. The number of sulfone groups is 1. The molecular weight excluding hydrogens is 276 g/mol. The Morgan fingerprint density at radius 2 is 1.80 bits per heavy atom. The number of hydrogen-bond donors (Lipinski definition) is 0. The summed E-state index contributed by atoms with van der Waals surface area (Å²) in [5, 5.41) is 0. The van der Waals surface area contributed by atoms with Crippen molar-refractivity contribution in [1.29, 1.82) is 0 Å². The van der Waals surface area contributed by atoms with E-state index in [2.05, 4.69) is 19.8 Å². The normalized spacial score (nSPS) is 26.9. The Balaban J connectivity index is 1.58. The molecule has 0 bridgehead atoms. The van der Waals surface area contributed by atoms with Gasteiger partial charge in [-0.05, 0) is 18.9 Å². The van der Waals surface area contributed by atoms with Crippen LogP contribution in [0.4, 0.5) is 5.95 Å². The van der Waals surface area contributed by atoms with E-state index in [1.807, 2.05) is 19.3 Å². The average molecular weight is 296 g/mol. The van der Waals surface area contributed by atoms with Gasteiger partial charge in [0.1, 0.15) is 0 Å². The summed E-state index contributed by atoms with van der Waals surface area (Å²) < 4.78 is 23.1. The van der Waals surface area contributed by atoms with Crippen LogP contribution in [0.5, 0.6) is 0 Å². The van der Waals surface area contributed by atoms with Crippen LogP contribution in [-0.2, 0) is 9.84 Å². The predicted octanol–water partition coefficient (Wildman–Crippen LogP) is 0.0941. The summed E-state index contributed by atoms with van der Waals surface area (Å²) in [5.74, 6) is 1.45. The van der Waals surface area contributed by atoms with Crippen LogP contribution in [0.25, 0.3) is 0 Å². The van der Waals surface area contributed by atoms with Crippen molar-refractivity contribution in [1.82, 2.24) is 14.9 Å². The van der Waals surface area contributed by atoms with Gasteiger partial charge in [0, 0.05) is 44.6 Å². The molecule has 3 rings (SSSR count). The smallest absolute Gasteiger partial charge is 0.225 e. The van der Waals surface area contributed by atoms with Gasteiger partial charge in [0.25, 0.3) is 0 Å². The molecule has 110 valence electrons. The number of aryl methyl sites for hydroxylation is 1. The van der Waals surface area contributed by atoms with Gasteiger partial charge in [-0.1, -0.05) is 0 Å². The molecule has 0 aliphatic carbocycles. The van der Waals surface area contributed by atoms with E-state index in [0.717, 1.165) is 44.1 Å². The topological polar surface area (TPSA) is 66.4 Å². The zero-order valence-electron chi connectivity index (χ0n) is 11.7. The molecule has 1 atom stereocenters. The van der Waals surface area contributed by atoms with Crippen LogP contribution in [0.3, 0.4) is 0 Å². The molecule has 1 aromatic heterocycles. The van der Waals surface area contributed by atoms with Gasteiger partial charge in [-0.2, -0.15) is 0 Å². The minimum atomic E-state index is -2.80. The molecule has 0 amide bonds. The van der Waals surface area contributed by atoms with Crippen molar-refractivity contribution in [2.24, 2.45) is 0 Å². The van der Waals surface area contributed by atoms with Gasteiger partial charge >= 0.3 is 0 Å². The molecule has 0 unspecified atom stereocenters. The van der Waals surface area contributed by atoms with Gasteiger partial charge in [0.2, 0.25) is 5.95 Å². The fourth-order valence-corrected chi connectivity index (χ4v) is 4.66. The molecule has 0 spiro atoms. The highest BCUT2D eigenvalue weighted by Crippen LogP contribution is 2.20. The highest BCUT2D eigenvalue weighted by atomic mass is 32.2. The maximum atomic E-state index is 11.5. The molecule has 1 aromatic rings. The first-order valence-electron chi connectivity index (χ1n) is 7.01. The molecule has 7 heteroatoms. The van der Waals surface area contributed by atoms with E-state index in [0.29, 0.717) is 11.5 Å². The molecule has 3 heterocycles. The van der Waals surface area contributed by atoms with Crippen molar-refractivity contribution >= 4 is 15.8 Å². The third-order valence-electron chi connectivity index (χ3n) is 4.09. The summed E-state index contributed by atoms with van der Waals surface area (Å²) in [6.07, 6.45) is 4.44. The van der Waals surface area contributed by atoms with Crippen molar-refractivity contribution in [3.05, 3.63) is 18.0 Å². The first-order valence-corrected chi connectivity index (χ1v) is 8.84. The number of hydrogen-bond acceptors (Lipinski definition) is 6. The van der Waals surface area contributed by atoms with Crippen LogP contribution in [-0.4, -0.2) is 67.0 Å². The second-order valence-electron chi connectivity index (χ2n) is 5.64. The van der Waals surface area contributed by atoms with Crippen molar-refractivity contribution in [2.75, 3.05) is 42.6 Å². The van der Waals surface area contributed by atoms with Crippen LogP contribution in [0.15, 0.2) is 12.4 Å². The first kappa shape index (κ1) is 13.8. The lowest BCUT2D eigenvalue weighted by atomic mass is 10.2. The Bertz CT molecular complexity index is 565. The third kappa shape index (κ3) is 2.93. The van der Waals surface area contributed by atoms with Crippen molar-refractivity contribution in [3.8, 4) is 0 Å². The highest BCUT2D eigenvalue weighted by molar-refractivity contribution is 7.91. The lowest BCUT2D eigenvalue weighted by molar-refractivity contribution is 0.200. The fraction of sp³-hybridized carbons (Fsp3) is 0.692. The van der Waals surface area contributed by atoms with Crippen molar-refractivity contribution < 1.29 is 8.42 Å². The van der Waals surface area contributed by atoms with Gasteiger partial charge in [-0.3, -0.25) is 4.90 Å². The maximum absolute atomic E-state index is 11.5. The molecule has 2 aliphatic rings. The minimum absolute atomic E-state index is 0.209. The molecule has 2 fully saturated rings. The zero-order valence-corrected chi connectivity index (χ0v) is 12.5. The molecular formula is C13H20N4O2S. The Morgan fingerprint density at radius 3 is 2.35 bits per heavy atom. The molecule has 2 saturated heterocycles. The SMILES string of the molecule is Cc1cnc(N2CCN([C@H]3CCS(=O)(=O)C3)CC2)nc1. The number of piperazine rings is 1. The highest BCUT2D eigenvalue weighted by Gasteiger charge is 2.33. The van der Waals surface area contributed by atoms with E-state index >= 15 is 0 Å². The Kier molecular flexibility index (Phi) is 3.64. The van der Waals surface area contributed by atoms with Crippen molar-refractivity contribution in [3.63, 3.8) is 0 Å². The van der Waals surface area contributed by atoms with Gasteiger partial charge in [0.15, 0.2) is 9.84 Å². The number of nitrogens with zero attached hydrogens (tertiary/aromatic N) is 4. The standard InChI is InChI=1S/C13H20N4O2S/c1-11-8-14-13(15-9-11)17-5-3-16(4-6-17)12-2-7-20(18,19)10-12/h8-9,12H,2-7,10H2,1H3/t12-/m0/s1. The minimum Gasteiger partial charge on any atom is -0.338 e. The van der Waals surface area contributed by atoms with Gasteiger partial charge < -0.3 is 4.90 Å². The Labute approximate surface area is 119 Å². The second-order valence-corrected chi connectivity index (χ2v) is 7.87. The number of rotatable bonds is 2. The van der Waals surface area contributed by atoms with Gasteiger partial charge in [-0.25, -0.2) is 18.4 Å². The lowest BCUT2D eigenvalue weighted by Crippen LogP contribution is -2.51.